The number of rotatable bonds is 6. The summed E-state index contributed by atoms with van der Waals surface area (Å²) in [6.07, 6.45) is 0. The molecular weight excluding hydrogens is 182 g/mol. The maximum atomic E-state index is 3.52. The Kier molecular flexibility index (Phi) is 6.51. The summed E-state index contributed by atoms with van der Waals surface area (Å²) in [7, 11) is 2.10. The molecule has 0 spiro atoms. The third kappa shape index (κ3) is 4.14. The van der Waals surface area contributed by atoms with E-state index in [1.165, 1.54) is 0 Å². The molecule has 0 fully saturated rings. The molecule has 0 saturated heterocycles. The molecule has 1 heteroatoms. The van der Waals surface area contributed by atoms with E-state index in [-0.39, 0.29) is 0 Å². The highest BCUT2D eigenvalue weighted by Crippen LogP contribution is 2.29. The summed E-state index contributed by atoms with van der Waals surface area (Å²) < 4.78 is 0. The van der Waals surface area contributed by atoms with E-state index in [1.807, 2.05) is 0 Å². The normalized spacial score (nSPS) is 20.4. The van der Waals surface area contributed by atoms with Crippen molar-refractivity contribution < 1.29 is 0 Å². The zero-order valence-electron chi connectivity index (χ0n) is 12.0. The van der Waals surface area contributed by atoms with Crippen molar-refractivity contribution in [3.63, 3.8) is 0 Å². The van der Waals surface area contributed by atoms with Crippen molar-refractivity contribution in [3.8, 4) is 0 Å². The highest BCUT2D eigenvalue weighted by molar-refractivity contribution is 4.82. The summed E-state index contributed by atoms with van der Waals surface area (Å²) in [4.78, 5) is 0. The SMILES string of the molecule is CNC(C(C)C(C)C)C(C)C(C)C(C)C. The Morgan fingerprint density at radius 1 is 0.600 bits per heavy atom. The highest BCUT2D eigenvalue weighted by atomic mass is 14.9. The zero-order chi connectivity index (χ0) is 12.2. The third-order valence-corrected chi connectivity index (χ3v) is 4.40. The summed E-state index contributed by atoms with van der Waals surface area (Å²) >= 11 is 0. The van der Waals surface area contributed by atoms with E-state index in [9.17, 15) is 0 Å². The van der Waals surface area contributed by atoms with E-state index in [4.69, 9.17) is 0 Å². The van der Waals surface area contributed by atoms with Crippen LogP contribution in [0.1, 0.15) is 48.5 Å². The molecule has 1 N–H and O–H groups in total. The Morgan fingerprint density at radius 3 is 1.27 bits per heavy atom. The minimum atomic E-state index is 0.641. The molecule has 0 aliphatic heterocycles. The summed E-state index contributed by atoms with van der Waals surface area (Å²) in [5.41, 5.74) is 0. The molecule has 0 aromatic rings. The van der Waals surface area contributed by atoms with Crippen LogP contribution in [0.25, 0.3) is 0 Å². The minimum Gasteiger partial charge on any atom is -0.316 e. The molecule has 4 atom stereocenters. The van der Waals surface area contributed by atoms with Gasteiger partial charge in [-0.1, -0.05) is 48.5 Å². The van der Waals surface area contributed by atoms with Gasteiger partial charge in [-0.25, -0.2) is 0 Å². The predicted octanol–water partition coefficient (Wildman–Crippen LogP) is 3.79. The molecule has 4 unspecified atom stereocenters. The molecule has 92 valence electrons. The van der Waals surface area contributed by atoms with Crippen LogP contribution in [0, 0.1) is 29.6 Å². The van der Waals surface area contributed by atoms with Gasteiger partial charge in [-0.05, 0) is 36.6 Å². The van der Waals surface area contributed by atoms with Crippen LogP contribution in [0.15, 0.2) is 0 Å². The smallest absolute Gasteiger partial charge is 0.0120 e. The zero-order valence-corrected chi connectivity index (χ0v) is 12.0. The van der Waals surface area contributed by atoms with Crippen molar-refractivity contribution in [2.24, 2.45) is 29.6 Å². The topological polar surface area (TPSA) is 12.0 Å². The van der Waals surface area contributed by atoms with E-state index >= 15 is 0 Å². The quantitative estimate of drug-likeness (QED) is 0.708. The molecule has 0 aromatic carbocycles. The Bertz CT molecular complexity index is 163. The molecule has 0 bridgehead atoms. The average molecular weight is 213 g/mol. The van der Waals surface area contributed by atoms with Gasteiger partial charge in [0.1, 0.15) is 0 Å². The number of hydrogen-bond acceptors (Lipinski definition) is 1. The Hall–Kier alpha value is -0.0400. The van der Waals surface area contributed by atoms with Crippen LogP contribution < -0.4 is 5.32 Å². The van der Waals surface area contributed by atoms with Crippen LogP contribution in [-0.4, -0.2) is 13.1 Å². The fourth-order valence-electron chi connectivity index (χ4n) is 2.35. The maximum absolute atomic E-state index is 3.52. The lowest BCUT2D eigenvalue weighted by molar-refractivity contribution is 0.170. The van der Waals surface area contributed by atoms with Crippen LogP contribution in [0.2, 0.25) is 0 Å². The molecule has 0 amide bonds. The minimum absolute atomic E-state index is 0.641. The monoisotopic (exact) mass is 213 g/mol. The first-order chi connectivity index (χ1) is 6.82. The van der Waals surface area contributed by atoms with Crippen LogP contribution >= 0.6 is 0 Å². The third-order valence-electron chi connectivity index (χ3n) is 4.40. The maximum Gasteiger partial charge on any atom is 0.0120 e. The van der Waals surface area contributed by atoms with Gasteiger partial charge >= 0.3 is 0 Å². The van der Waals surface area contributed by atoms with Gasteiger partial charge in [0.15, 0.2) is 0 Å². The van der Waals surface area contributed by atoms with Gasteiger partial charge in [-0.2, -0.15) is 0 Å². The van der Waals surface area contributed by atoms with Crippen molar-refractivity contribution >= 4 is 0 Å². The fraction of sp³-hybridized carbons (Fsp3) is 1.00. The van der Waals surface area contributed by atoms with E-state index in [2.05, 4.69) is 60.8 Å². The van der Waals surface area contributed by atoms with E-state index in [0.717, 1.165) is 29.6 Å². The van der Waals surface area contributed by atoms with Gasteiger partial charge < -0.3 is 5.32 Å². The second kappa shape index (κ2) is 6.52. The molecule has 0 aliphatic rings. The van der Waals surface area contributed by atoms with E-state index in [1.54, 1.807) is 0 Å². The van der Waals surface area contributed by atoms with Crippen LogP contribution in [0.5, 0.6) is 0 Å². The first kappa shape index (κ1) is 15.0. The Morgan fingerprint density at radius 2 is 1.00 bits per heavy atom. The van der Waals surface area contributed by atoms with E-state index in [0.29, 0.717) is 6.04 Å². The van der Waals surface area contributed by atoms with Crippen LogP contribution in [0.4, 0.5) is 0 Å². The molecule has 0 heterocycles. The largest absolute Gasteiger partial charge is 0.316 e. The Balaban J connectivity index is 4.52. The van der Waals surface area contributed by atoms with Crippen LogP contribution in [-0.2, 0) is 0 Å². The molecule has 0 saturated carbocycles. The Labute approximate surface area is 97.0 Å². The highest BCUT2D eigenvalue weighted by Gasteiger charge is 2.28. The molecule has 0 aliphatic carbocycles. The summed E-state index contributed by atoms with van der Waals surface area (Å²) in [5, 5.41) is 3.52. The fourth-order valence-corrected chi connectivity index (χ4v) is 2.35. The van der Waals surface area contributed by atoms with Crippen molar-refractivity contribution in [2.75, 3.05) is 7.05 Å². The first-order valence-electron chi connectivity index (χ1n) is 6.50. The number of hydrogen-bond donors (Lipinski definition) is 1. The van der Waals surface area contributed by atoms with Crippen LogP contribution in [0.3, 0.4) is 0 Å². The van der Waals surface area contributed by atoms with Gasteiger partial charge in [0, 0.05) is 6.04 Å². The molecule has 1 nitrogen and oxygen atoms in total. The average Bonchev–Trinajstić information content (AvgIpc) is 2.16. The van der Waals surface area contributed by atoms with Gasteiger partial charge in [0.25, 0.3) is 0 Å². The van der Waals surface area contributed by atoms with Gasteiger partial charge in [-0.3, -0.25) is 0 Å². The number of nitrogens with one attached hydrogen (secondary N) is 1. The first-order valence-corrected chi connectivity index (χ1v) is 6.50. The van der Waals surface area contributed by atoms with Gasteiger partial charge in [0.2, 0.25) is 0 Å². The standard InChI is InChI=1S/C14H31N/c1-9(2)11(5)13(7)14(15-8)12(6)10(3)4/h9-15H,1-8H3. The van der Waals surface area contributed by atoms with Gasteiger partial charge in [-0.15, -0.1) is 0 Å². The molecule has 15 heavy (non-hydrogen) atoms. The van der Waals surface area contributed by atoms with Crippen molar-refractivity contribution in [1.29, 1.82) is 0 Å². The predicted molar refractivity (Wildman–Crippen MR) is 70.0 cm³/mol. The second-order valence-electron chi connectivity index (χ2n) is 5.88. The molecule has 0 aromatic heterocycles. The summed E-state index contributed by atoms with van der Waals surface area (Å²) in [6, 6.07) is 0.641. The molecule has 0 rings (SSSR count). The van der Waals surface area contributed by atoms with Gasteiger partial charge in [0.05, 0.1) is 0 Å². The summed E-state index contributed by atoms with van der Waals surface area (Å²) in [6.45, 7) is 16.4. The second-order valence-corrected chi connectivity index (χ2v) is 5.88. The summed E-state index contributed by atoms with van der Waals surface area (Å²) in [5.74, 6) is 3.79. The lowest BCUT2D eigenvalue weighted by Gasteiger charge is -2.36. The lowest BCUT2D eigenvalue weighted by Crippen LogP contribution is -2.43. The van der Waals surface area contributed by atoms with Crippen molar-refractivity contribution in [3.05, 3.63) is 0 Å². The van der Waals surface area contributed by atoms with Crippen molar-refractivity contribution in [1.82, 2.24) is 5.32 Å². The van der Waals surface area contributed by atoms with Crippen molar-refractivity contribution in [2.45, 2.75) is 54.5 Å². The molecule has 0 radical (unpaired) electrons. The lowest BCUT2D eigenvalue weighted by atomic mass is 9.75. The van der Waals surface area contributed by atoms with E-state index < -0.39 is 0 Å². The molecular formula is C14H31N.